The van der Waals surface area contributed by atoms with Gasteiger partial charge in [0.15, 0.2) is 0 Å². The first-order valence-corrected chi connectivity index (χ1v) is 5.05. The van der Waals surface area contributed by atoms with Gasteiger partial charge < -0.3 is 14.2 Å². The molecular weight excluding hydrogens is 180 g/mol. The van der Waals surface area contributed by atoms with E-state index in [0.717, 1.165) is 25.9 Å². The smallest absolute Gasteiger partial charge is 0.146 e. The molecule has 3 heteroatoms. The molecule has 0 saturated carbocycles. The molecule has 0 spiro atoms. The number of ether oxygens (including phenoxy) is 3. The van der Waals surface area contributed by atoms with Gasteiger partial charge >= 0.3 is 0 Å². The minimum Gasteiger partial charge on any atom is -0.359 e. The van der Waals surface area contributed by atoms with Gasteiger partial charge in [0.2, 0.25) is 0 Å². The quantitative estimate of drug-likeness (QED) is 0.281. The van der Waals surface area contributed by atoms with Crippen molar-refractivity contribution < 1.29 is 14.2 Å². The van der Waals surface area contributed by atoms with Crippen molar-refractivity contribution in [1.29, 1.82) is 0 Å². The maximum atomic E-state index is 5.16. The molecule has 0 N–H and O–H groups in total. The van der Waals surface area contributed by atoms with Crippen LogP contribution in [0.1, 0.15) is 26.2 Å². The van der Waals surface area contributed by atoms with Crippen molar-refractivity contribution in [3.05, 3.63) is 0 Å². The summed E-state index contributed by atoms with van der Waals surface area (Å²) in [5.41, 5.74) is 0. The maximum Gasteiger partial charge on any atom is 0.146 e. The molecule has 0 bridgehead atoms. The summed E-state index contributed by atoms with van der Waals surface area (Å²) < 4.78 is 15.1. The van der Waals surface area contributed by atoms with Gasteiger partial charge in [0.25, 0.3) is 0 Å². The second kappa shape index (κ2) is 6.83. The van der Waals surface area contributed by atoms with Crippen LogP contribution in [0.3, 0.4) is 0 Å². The van der Waals surface area contributed by atoms with Gasteiger partial charge in [-0.1, -0.05) is 5.92 Å². The van der Waals surface area contributed by atoms with E-state index in [0.29, 0.717) is 12.9 Å². The number of hydrogen-bond acceptors (Lipinski definition) is 3. The van der Waals surface area contributed by atoms with Crippen molar-refractivity contribution in [3.8, 4) is 11.8 Å². The highest BCUT2D eigenvalue weighted by Gasteiger charge is 2.31. The number of epoxide rings is 1. The second-order valence-corrected chi connectivity index (χ2v) is 3.35. The fourth-order valence-electron chi connectivity index (χ4n) is 1.07. The minimum absolute atomic E-state index is 0.208. The summed E-state index contributed by atoms with van der Waals surface area (Å²) in [6.07, 6.45) is 3.62. The molecule has 0 aromatic carbocycles. The third-order valence-corrected chi connectivity index (χ3v) is 2.00. The predicted molar refractivity (Wildman–Crippen MR) is 53.8 cm³/mol. The molecule has 1 fully saturated rings. The van der Waals surface area contributed by atoms with Crippen LogP contribution < -0.4 is 0 Å². The monoisotopic (exact) mass is 198 g/mol. The summed E-state index contributed by atoms with van der Waals surface area (Å²) in [7, 11) is 1.63. The van der Waals surface area contributed by atoms with E-state index in [4.69, 9.17) is 14.2 Å². The highest BCUT2D eigenvalue weighted by Crippen LogP contribution is 2.19. The summed E-state index contributed by atoms with van der Waals surface area (Å²) >= 11 is 0. The van der Waals surface area contributed by atoms with Crippen LogP contribution in [0.15, 0.2) is 0 Å². The molecule has 0 aliphatic carbocycles. The van der Waals surface area contributed by atoms with Crippen molar-refractivity contribution in [2.75, 3.05) is 20.5 Å². The van der Waals surface area contributed by atoms with E-state index in [1.165, 1.54) is 0 Å². The lowest BCUT2D eigenvalue weighted by atomic mass is 10.2. The maximum absolute atomic E-state index is 5.16. The highest BCUT2D eigenvalue weighted by molar-refractivity contribution is 5.12. The van der Waals surface area contributed by atoms with E-state index >= 15 is 0 Å². The van der Waals surface area contributed by atoms with Gasteiger partial charge in [0, 0.05) is 20.1 Å². The Morgan fingerprint density at radius 2 is 2.14 bits per heavy atom. The molecule has 2 unspecified atom stereocenters. The van der Waals surface area contributed by atoms with E-state index < -0.39 is 0 Å². The Balaban J connectivity index is 1.81. The normalized spacial score (nSPS) is 24.1. The molecule has 1 rings (SSSR count). The molecule has 1 aliphatic heterocycles. The Kier molecular flexibility index (Phi) is 5.62. The van der Waals surface area contributed by atoms with Crippen LogP contribution in [0.25, 0.3) is 0 Å². The lowest BCUT2D eigenvalue weighted by Crippen LogP contribution is -1.97. The first-order valence-electron chi connectivity index (χ1n) is 5.05. The molecule has 0 amide bonds. The summed E-state index contributed by atoms with van der Waals surface area (Å²) in [5.74, 6) is 6.18. The van der Waals surface area contributed by atoms with Crippen molar-refractivity contribution >= 4 is 0 Å². The Labute approximate surface area is 85.7 Å². The molecule has 2 atom stereocenters. The van der Waals surface area contributed by atoms with Crippen molar-refractivity contribution in [3.63, 3.8) is 0 Å². The second-order valence-electron chi connectivity index (χ2n) is 3.35. The average Bonchev–Trinajstić information content (AvgIpc) is 2.87. The molecular formula is C11H18O3. The zero-order chi connectivity index (χ0) is 10.2. The first kappa shape index (κ1) is 11.5. The molecule has 0 aromatic heterocycles. The molecule has 0 radical (unpaired) electrons. The zero-order valence-electron chi connectivity index (χ0n) is 8.91. The van der Waals surface area contributed by atoms with E-state index in [1.807, 2.05) is 6.92 Å². The number of rotatable bonds is 6. The highest BCUT2D eigenvalue weighted by atomic mass is 16.7. The van der Waals surface area contributed by atoms with Crippen LogP contribution in [0, 0.1) is 11.8 Å². The largest absolute Gasteiger partial charge is 0.359 e. The van der Waals surface area contributed by atoms with Crippen LogP contribution in [0.2, 0.25) is 0 Å². The van der Waals surface area contributed by atoms with Gasteiger partial charge in [-0.2, -0.15) is 0 Å². The topological polar surface area (TPSA) is 31.0 Å². The van der Waals surface area contributed by atoms with Crippen LogP contribution in [-0.2, 0) is 14.2 Å². The molecule has 14 heavy (non-hydrogen) atoms. The summed E-state index contributed by atoms with van der Waals surface area (Å²) in [4.78, 5) is 0. The SMILES string of the molecule is COCOCCCCC#CC1OC1C. The van der Waals surface area contributed by atoms with Gasteiger partial charge in [-0.05, 0) is 19.8 Å². The van der Waals surface area contributed by atoms with Crippen LogP contribution in [-0.4, -0.2) is 32.7 Å². The lowest BCUT2D eigenvalue weighted by Gasteiger charge is -1.99. The Hall–Kier alpha value is -0.560. The summed E-state index contributed by atoms with van der Waals surface area (Å²) in [5, 5.41) is 0. The first-order chi connectivity index (χ1) is 6.84. The average molecular weight is 198 g/mol. The molecule has 0 aromatic rings. The molecule has 80 valence electrons. The molecule has 3 nitrogen and oxygen atoms in total. The third kappa shape index (κ3) is 5.23. The van der Waals surface area contributed by atoms with E-state index in [2.05, 4.69) is 11.8 Å². The lowest BCUT2D eigenvalue weighted by molar-refractivity contribution is -0.0313. The Bertz CT molecular complexity index is 204. The Morgan fingerprint density at radius 3 is 2.79 bits per heavy atom. The molecule has 1 aliphatic rings. The molecule has 1 saturated heterocycles. The van der Waals surface area contributed by atoms with Crippen molar-refractivity contribution in [1.82, 2.24) is 0 Å². The van der Waals surface area contributed by atoms with Crippen LogP contribution >= 0.6 is 0 Å². The minimum atomic E-state index is 0.208. The van der Waals surface area contributed by atoms with Gasteiger partial charge in [0.1, 0.15) is 12.9 Å². The molecule has 1 heterocycles. The number of unbranched alkanes of at least 4 members (excludes halogenated alkanes) is 2. The van der Waals surface area contributed by atoms with Crippen molar-refractivity contribution in [2.45, 2.75) is 38.4 Å². The zero-order valence-corrected chi connectivity index (χ0v) is 8.91. The van der Waals surface area contributed by atoms with Crippen LogP contribution in [0.5, 0.6) is 0 Å². The van der Waals surface area contributed by atoms with E-state index in [9.17, 15) is 0 Å². The third-order valence-electron chi connectivity index (χ3n) is 2.00. The summed E-state index contributed by atoms with van der Waals surface area (Å²) in [6.45, 7) is 3.18. The van der Waals surface area contributed by atoms with E-state index in [1.54, 1.807) is 7.11 Å². The number of methoxy groups -OCH3 is 1. The van der Waals surface area contributed by atoms with E-state index in [-0.39, 0.29) is 6.10 Å². The van der Waals surface area contributed by atoms with Gasteiger partial charge in [-0.25, -0.2) is 0 Å². The predicted octanol–water partition coefficient (Wildman–Crippen LogP) is 1.57. The fraction of sp³-hybridized carbons (Fsp3) is 0.818. The Morgan fingerprint density at radius 1 is 1.36 bits per heavy atom. The van der Waals surface area contributed by atoms with Crippen LogP contribution in [0.4, 0.5) is 0 Å². The van der Waals surface area contributed by atoms with Gasteiger partial charge in [-0.3, -0.25) is 0 Å². The van der Waals surface area contributed by atoms with Crippen molar-refractivity contribution in [2.24, 2.45) is 0 Å². The fourth-order valence-corrected chi connectivity index (χ4v) is 1.07. The van der Waals surface area contributed by atoms with Gasteiger partial charge in [0.05, 0.1) is 6.10 Å². The summed E-state index contributed by atoms with van der Waals surface area (Å²) in [6, 6.07) is 0. The van der Waals surface area contributed by atoms with Gasteiger partial charge in [-0.15, -0.1) is 5.92 Å². The number of hydrogen-bond donors (Lipinski definition) is 0. The standard InChI is InChI=1S/C11H18O3/c1-10-11(14-10)7-5-3-4-6-8-13-9-12-2/h10-11H,3-4,6,8-9H2,1-2H3.